The van der Waals surface area contributed by atoms with E-state index >= 15 is 0 Å². The Morgan fingerprint density at radius 3 is 2.85 bits per heavy atom. The highest BCUT2D eigenvalue weighted by Gasteiger charge is 2.27. The van der Waals surface area contributed by atoms with Gasteiger partial charge in [-0.2, -0.15) is 0 Å². The van der Waals surface area contributed by atoms with Crippen LogP contribution in [-0.2, 0) is 14.8 Å². The molecule has 1 aromatic carbocycles. The minimum absolute atomic E-state index is 0.117. The van der Waals surface area contributed by atoms with Crippen LogP contribution in [0.25, 0.3) is 0 Å². The molecule has 7 nitrogen and oxygen atoms in total. The van der Waals surface area contributed by atoms with E-state index in [-0.39, 0.29) is 17.5 Å². The van der Waals surface area contributed by atoms with Gasteiger partial charge in [0.15, 0.2) is 4.90 Å². The molecule has 0 saturated carbocycles. The zero-order valence-corrected chi connectivity index (χ0v) is 12.8. The predicted molar refractivity (Wildman–Crippen MR) is 75.0 cm³/mol. The van der Waals surface area contributed by atoms with Gasteiger partial charge in [-0.1, -0.05) is 15.9 Å². The van der Waals surface area contributed by atoms with E-state index in [1.54, 1.807) is 0 Å². The van der Waals surface area contributed by atoms with Crippen LogP contribution in [0.3, 0.4) is 0 Å². The largest absolute Gasteiger partial charge is 0.377 e. The third-order valence-corrected chi connectivity index (χ3v) is 4.88. The SMILES string of the molecule is O=[N+]([O-])c1ccc(Br)cc1S(=O)(=O)NCC1CCCO1. The minimum Gasteiger partial charge on any atom is -0.377 e. The number of hydrogen-bond donors (Lipinski definition) is 1. The quantitative estimate of drug-likeness (QED) is 0.634. The fraction of sp³-hybridized carbons (Fsp3) is 0.455. The van der Waals surface area contributed by atoms with Crippen molar-refractivity contribution in [1.29, 1.82) is 0 Å². The van der Waals surface area contributed by atoms with Crippen molar-refractivity contribution < 1.29 is 18.1 Å². The van der Waals surface area contributed by atoms with Gasteiger partial charge in [-0.3, -0.25) is 10.1 Å². The van der Waals surface area contributed by atoms with Crippen LogP contribution in [0, 0.1) is 10.1 Å². The summed E-state index contributed by atoms with van der Waals surface area (Å²) in [5.41, 5.74) is -0.451. The Bertz CT molecular complexity index is 613. The van der Waals surface area contributed by atoms with Gasteiger partial charge >= 0.3 is 0 Å². The van der Waals surface area contributed by atoms with Crippen molar-refractivity contribution in [2.45, 2.75) is 23.8 Å². The van der Waals surface area contributed by atoms with Crippen LogP contribution >= 0.6 is 15.9 Å². The first-order valence-corrected chi connectivity index (χ1v) is 8.23. The highest BCUT2D eigenvalue weighted by atomic mass is 79.9. The summed E-state index contributed by atoms with van der Waals surface area (Å²) < 4.78 is 32.5. The van der Waals surface area contributed by atoms with Crippen LogP contribution < -0.4 is 4.72 Å². The summed E-state index contributed by atoms with van der Waals surface area (Å²) in [5.74, 6) is 0. The first-order chi connectivity index (χ1) is 9.40. The van der Waals surface area contributed by atoms with Gasteiger partial charge < -0.3 is 4.74 Å². The molecule has 1 aromatic rings. The summed E-state index contributed by atoms with van der Waals surface area (Å²) in [6.45, 7) is 0.732. The lowest BCUT2D eigenvalue weighted by Gasteiger charge is -2.11. The van der Waals surface area contributed by atoms with E-state index in [0.29, 0.717) is 11.1 Å². The number of nitrogens with zero attached hydrogens (tertiary/aromatic N) is 1. The maximum atomic E-state index is 12.2. The second-order valence-corrected chi connectivity index (χ2v) is 7.01. The van der Waals surface area contributed by atoms with Crippen molar-refractivity contribution in [2.24, 2.45) is 0 Å². The molecule has 9 heteroatoms. The minimum atomic E-state index is -3.95. The zero-order valence-electron chi connectivity index (χ0n) is 10.4. The van der Waals surface area contributed by atoms with Crippen molar-refractivity contribution in [2.75, 3.05) is 13.2 Å². The molecule has 1 heterocycles. The fourth-order valence-corrected chi connectivity index (χ4v) is 3.71. The number of halogens is 1. The molecule has 0 aliphatic carbocycles. The molecule has 1 aliphatic heterocycles. The average molecular weight is 365 g/mol. The summed E-state index contributed by atoms with van der Waals surface area (Å²) in [5, 5.41) is 10.9. The monoisotopic (exact) mass is 364 g/mol. The number of nitro benzene ring substituents is 1. The summed E-state index contributed by atoms with van der Waals surface area (Å²) in [7, 11) is -3.95. The van der Waals surface area contributed by atoms with E-state index in [4.69, 9.17) is 4.74 Å². The number of sulfonamides is 1. The Labute approximate surface area is 124 Å². The number of ether oxygens (including phenoxy) is 1. The third kappa shape index (κ3) is 3.54. The molecule has 1 unspecified atom stereocenters. The Morgan fingerprint density at radius 1 is 1.50 bits per heavy atom. The van der Waals surface area contributed by atoms with Crippen LogP contribution in [0.2, 0.25) is 0 Å². The molecule has 0 amide bonds. The van der Waals surface area contributed by atoms with E-state index in [1.807, 2.05) is 0 Å². The van der Waals surface area contributed by atoms with Gasteiger partial charge in [0.1, 0.15) is 0 Å². The summed E-state index contributed by atoms with van der Waals surface area (Å²) in [4.78, 5) is 9.85. The Hall–Kier alpha value is -1.03. The van der Waals surface area contributed by atoms with Crippen molar-refractivity contribution >= 4 is 31.6 Å². The number of nitro groups is 1. The first-order valence-electron chi connectivity index (χ1n) is 5.95. The molecule has 1 saturated heterocycles. The maximum absolute atomic E-state index is 12.2. The smallest absolute Gasteiger partial charge is 0.289 e. The highest BCUT2D eigenvalue weighted by molar-refractivity contribution is 9.10. The number of hydrogen-bond acceptors (Lipinski definition) is 5. The molecular formula is C11H13BrN2O5S. The van der Waals surface area contributed by atoms with E-state index in [2.05, 4.69) is 20.7 Å². The molecule has 1 fully saturated rings. The number of rotatable bonds is 5. The molecule has 0 bridgehead atoms. The lowest BCUT2D eigenvalue weighted by molar-refractivity contribution is -0.387. The molecule has 1 atom stereocenters. The zero-order chi connectivity index (χ0) is 14.8. The van der Waals surface area contributed by atoms with Gasteiger partial charge in [-0.25, -0.2) is 13.1 Å². The second kappa shape index (κ2) is 6.17. The second-order valence-electron chi connectivity index (χ2n) is 4.36. The van der Waals surface area contributed by atoms with Crippen molar-refractivity contribution in [1.82, 2.24) is 4.72 Å². The highest BCUT2D eigenvalue weighted by Crippen LogP contribution is 2.27. The van der Waals surface area contributed by atoms with E-state index < -0.39 is 20.6 Å². The Balaban J connectivity index is 2.23. The first kappa shape index (κ1) is 15.4. The Kier molecular flexibility index (Phi) is 4.74. The summed E-state index contributed by atoms with van der Waals surface area (Å²) in [6.07, 6.45) is 1.50. The summed E-state index contributed by atoms with van der Waals surface area (Å²) >= 11 is 3.12. The van der Waals surface area contributed by atoms with Gasteiger partial charge in [-0.05, 0) is 25.0 Å². The number of benzene rings is 1. The topological polar surface area (TPSA) is 98.5 Å². The third-order valence-electron chi connectivity index (χ3n) is 2.93. The van der Waals surface area contributed by atoms with Crippen molar-refractivity contribution in [3.63, 3.8) is 0 Å². The molecular weight excluding hydrogens is 352 g/mol. The maximum Gasteiger partial charge on any atom is 0.289 e. The van der Waals surface area contributed by atoms with Gasteiger partial charge in [-0.15, -0.1) is 0 Å². The standard InChI is InChI=1S/C11H13BrN2O5S/c12-8-3-4-10(14(15)16)11(6-8)20(17,18)13-7-9-2-1-5-19-9/h3-4,6,9,13H,1-2,5,7H2. The normalized spacial score (nSPS) is 19.1. The van der Waals surface area contributed by atoms with E-state index in [0.717, 1.165) is 18.9 Å². The van der Waals surface area contributed by atoms with Crippen LogP contribution in [-0.4, -0.2) is 32.6 Å². The molecule has 110 valence electrons. The lowest BCUT2D eigenvalue weighted by atomic mass is 10.2. The van der Waals surface area contributed by atoms with Crippen LogP contribution in [0.15, 0.2) is 27.6 Å². The molecule has 1 N–H and O–H groups in total. The van der Waals surface area contributed by atoms with Crippen LogP contribution in [0.4, 0.5) is 5.69 Å². The molecule has 0 spiro atoms. The van der Waals surface area contributed by atoms with Crippen molar-refractivity contribution in [3.8, 4) is 0 Å². The molecule has 1 aliphatic rings. The van der Waals surface area contributed by atoms with E-state index in [9.17, 15) is 18.5 Å². The average Bonchev–Trinajstić information content (AvgIpc) is 2.89. The van der Waals surface area contributed by atoms with Crippen LogP contribution in [0.1, 0.15) is 12.8 Å². The fourth-order valence-electron chi connectivity index (χ4n) is 1.94. The molecule has 0 radical (unpaired) electrons. The number of nitrogens with one attached hydrogen (secondary N) is 1. The Morgan fingerprint density at radius 2 is 2.25 bits per heavy atom. The summed E-state index contributed by atoms with van der Waals surface area (Å²) in [6, 6.07) is 3.80. The van der Waals surface area contributed by atoms with Gasteiger partial charge in [0.25, 0.3) is 5.69 Å². The van der Waals surface area contributed by atoms with E-state index in [1.165, 1.54) is 12.1 Å². The van der Waals surface area contributed by atoms with Gasteiger partial charge in [0, 0.05) is 23.7 Å². The molecule has 2 rings (SSSR count). The lowest BCUT2D eigenvalue weighted by Crippen LogP contribution is -2.32. The molecule has 20 heavy (non-hydrogen) atoms. The van der Waals surface area contributed by atoms with Gasteiger partial charge in [0.2, 0.25) is 10.0 Å². The predicted octanol–water partition coefficient (Wildman–Crippen LogP) is 1.81. The van der Waals surface area contributed by atoms with Crippen LogP contribution in [0.5, 0.6) is 0 Å². The molecule has 0 aromatic heterocycles. The van der Waals surface area contributed by atoms with Gasteiger partial charge in [0.05, 0.1) is 11.0 Å². The van der Waals surface area contributed by atoms with Crippen molar-refractivity contribution in [3.05, 3.63) is 32.8 Å².